The molecule has 0 saturated heterocycles. The maximum Gasteiger partial charge on any atom is 2.00 e. The third kappa shape index (κ3) is 12.7. The van der Waals surface area contributed by atoms with Gasteiger partial charge in [0, 0.05) is 0 Å². The third-order valence-electron chi connectivity index (χ3n) is 8.79. The molecule has 0 aliphatic heterocycles. The molecule has 6 aromatic carbocycles. The molecule has 0 unspecified atom stereocenters. The predicted molar refractivity (Wildman–Crippen MR) is 231 cm³/mol. The smallest absolute Gasteiger partial charge is 0.160 e. The Morgan fingerprint density at radius 2 is 0.667 bits per heavy atom. The monoisotopic (exact) mass is 790 g/mol. The summed E-state index contributed by atoms with van der Waals surface area (Å²) in [5, 5.41) is 10.0. The SMILES string of the molecule is CC(C)(C)P(c1cc2ccccc2[cH-]1)C(C)(C)C.CC(C)(C)P(c1cc2ccccc2[cH-]1)C(C)(C)C.[Zr+2].c1ccc(CCc2ccccc2)cc1. The van der Waals surface area contributed by atoms with Crippen molar-refractivity contribution < 1.29 is 26.2 Å². The maximum absolute atomic E-state index is 2.40. The van der Waals surface area contributed by atoms with E-state index in [4.69, 9.17) is 0 Å². The Bertz CT molecular complexity index is 1650. The van der Waals surface area contributed by atoms with E-state index in [0.717, 1.165) is 12.8 Å². The van der Waals surface area contributed by atoms with E-state index in [1.165, 1.54) is 32.7 Å². The van der Waals surface area contributed by atoms with Gasteiger partial charge in [0.25, 0.3) is 0 Å². The molecule has 0 aliphatic rings. The van der Waals surface area contributed by atoms with Crippen LogP contribution in [0.1, 0.15) is 94.2 Å². The summed E-state index contributed by atoms with van der Waals surface area (Å²) in [4.78, 5) is 0. The Morgan fingerprint density at radius 3 is 0.941 bits per heavy atom. The Kier molecular flexibility index (Phi) is 15.5. The van der Waals surface area contributed by atoms with Crippen molar-refractivity contribution in [2.75, 3.05) is 0 Å². The van der Waals surface area contributed by atoms with E-state index in [0.29, 0.717) is 20.6 Å². The van der Waals surface area contributed by atoms with Gasteiger partial charge >= 0.3 is 26.2 Å². The van der Waals surface area contributed by atoms with Crippen molar-refractivity contribution in [3.63, 3.8) is 0 Å². The maximum atomic E-state index is 2.40. The van der Waals surface area contributed by atoms with E-state index < -0.39 is 0 Å². The first-order valence-corrected chi connectivity index (χ1v) is 21.0. The van der Waals surface area contributed by atoms with Gasteiger partial charge in [0.1, 0.15) is 0 Å². The standard InChI is InChI=1S/2C17H24P.C14H14.Zr/c2*1-16(2,3)18(17(4,5)6)15-11-13-9-7-8-10-14(13)12-15;1-3-7-13(8-4-1)11-12-14-9-5-2-6-10-14;/h2*7-12H,1-6H3;1-10H,11-12H2;/q2*-1;;+2. The summed E-state index contributed by atoms with van der Waals surface area (Å²) in [5.74, 6) is 0. The molecule has 0 heterocycles. The van der Waals surface area contributed by atoms with Gasteiger partial charge in [0.2, 0.25) is 0 Å². The minimum atomic E-state index is -0.185. The van der Waals surface area contributed by atoms with Gasteiger partial charge in [0.05, 0.1) is 0 Å². The van der Waals surface area contributed by atoms with Crippen LogP contribution in [0, 0.1) is 0 Å². The second-order valence-electron chi connectivity index (χ2n) is 17.5. The fourth-order valence-corrected chi connectivity index (χ4v) is 15.9. The molecule has 51 heavy (non-hydrogen) atoms. The Morgan fingerprint density at radius 1 is 0.392 bits per heavy atom. The summed E-state index contributed by atoms with van der Waals surface area (Å²) in [6.07, 6.45) is 2.26. The van der Waals surface area contributed by atoms with Crippen molar-refractivity contribution in [3.8, 4) is 0 Å². The Hall–Kier alpha value is -2.16. The van der Waals surface area contributed by atoms with Gasteiger partial charge in [-0.2, -0.15) is 12.1 Å². The predicted octanol–water partition coefficient (Wildman–Crippen LogP) is 14.0. The third-order valence-corrected chi connectivity index (χ3v) is 15.7. The fraction of sp³-hybridized carbons (Fsp3) is 0.375. The van der Waals surface area contributed by atoms with Crippen molar-refractivity contribution in [2.45, 2.75) is 117 Å². The van der Waals surface area contributed by atoms with E-state index in [2.05, 4.69) is 217 Å². The van der Waals surface area contributed by atoms with E-state index >= 15 is 0 Å². The molecule has 0 bridgehead atoms. The summed E-state index contributed by atoms with van der Waals surface area (Å²) < 4.78 is 0. The zero-order valence-electron chi connectivity index (χ0n) is 33.5. The average Bonchev–Trinajstić information content (AvgIpc) is 3.62. The summed E-state index contributed by atoms with van der Waals surface area (Å²) in [5.41, 5.74) is 2.83. The molecule has 0 saturated carbocycles. The molecule has 3 heteroatoms. The molecule has 0 aromatic heterocycles. The molecular formula is C48H62P2Zr. The van der Waals surface area contributed by atoms with Gasteiger partial charge in [0.15, 0.2) is 0 Å². The average molecular weight is 792 g/mol. The van der Waals surface area contributed by atoms with Gasteiger partial charge in [-0.1, -0.05) is 172 Å². The quantitative estimate of drug-likeness (QED) is 0.121. The van der Waals surface area contributed by atoms with Crippen molar-refractivity contribution in [2.24, 2.45) is 0 Å². The molecular weight excluding hydrogens is 730 g/mol. The van der Waals surface area contributed by atoms with Crippen LogP contribution in [0.3, 0.4) is 0 Å². The van der Waals surface area contributed by atoms with Crippen LogP contribution >= 0.6 is 15.8 Å². The van der Waals surface area contributed by atoms with E-state index in [1.807, 2.05) is 0 Å². The van der Waals surface area contributed by atoms with Crippen LogP contribution in [-0.4, -0.2) is 20.6 Å². The number of benzene rings is 4. The van der Waals surface area contributed by atoms with Crippen LogP contribution in [0.4, 0.5) is 0 Å². The van der Waals surface area contributed by atoms with Crippen LogP contribution in [0.2, 0.25) is 0 Å². The molecule has 0 nitrogen and oxygen atoms in total. The van der Waals surface area contributed by atoms with Crippen molar-refractivity contribution in [3.05, 3.63) is 145 Å². The van der Waals surface area contributed by atoms with Gasteiger partial charge < -0.3 is 0 Å². The number of fused-ring (bicyclic) bond motifs is 2. The van der Waals surface area contributed by atoms with Gasteiger partial charge in [-0.25, -0.2) is 0 Å². The largest absolute Gasteiger partial charge is 2.00 e. The van der Waals surface area contributed by atoms with Gasteiger partial charge in [-0.05, 0) is 44.6 Å². The fourth-order valence-electron chi connectivity index (χ4n) is 7.67. The molecule has 0 atom stereocenters. The molecule has 0 N–H and O–H groups in total. The molecule has 6 aromatic rings. The van der Waals surface area contributed by atoms with E-state index in [-0.39, 0.29) is 42.0 Å². The first kappa shape index (κ1) is 43.2. The van der Waals surface area contributed by atoms with Gasteiger partial charge in [-0.3, -0.25) is 0 Å². The van der Waals surface area contributed by atoms with Crippen LogP contribution in [0.15, 0.2) is 133 Å². The second-order valence-corrected chi connectivity index (χ2v) is 25.3. The Balaban J connectivity index is 0.000000206. The summed E-state index contributed by atoms with van der Waals surface area (Å²) in [6.45, 7) is 28.5. The van der Waals surface area contributed by atoms with Crippen LogP contribution in [-0.2, 0) is 39.0 Å². The molecule has 0 spiro atoms. The van der Waals surface area contributed by atoms with Crippen LogP contribution in [0.5, 0.6) is 0 Å². The van der Waals surface area contributed by atoms with Crippen molar-refractivity contribution in [1.29, 1.82) is 0 Å². The zero-order valence-corrected chi connectivity index (χ0v) is 37.8. The second kappa shape index (κ2) is 18.3. The number of rotatable bonds is 5. The summed E-state index contributed by atoms with van der Waals surface area (Å²) >= 11 is 0. The van der Waals surface area contributed by atoms with Crippen molar-refractivity contribution in [1.82, 2.24) is 0 Å². The first-order valence-electron chi connectivity index (χ1n) is 18.3. The summed E-state index contributed by atoms with van der Waals surface area (Å²) in [7, 11) is -0.369. The van der Waals surface area contributed by atoms with Gasteiger partial charge in [-0.15, -0.1) is 80.7 Å². The molecule has 0 radical (unpaired) electrons. The minimum Gasteiger partial charge on any atom is -0.160 e. The number of hydrogen-bond acceptors (Lipinski definition) is 0. The number of hydrogen-bond donors (Lipinski definition) is 0. The molecule has 0 fully saturated rings. The first-order chi connectivity index (χ1) is 23.3. The normalized spacial score (nSPS) is 12.3. The summed E-state index contributed by atoms with van der Waals surface area (Å²) in [6, 6.07) is 48.2. The van der Waals surface area contributed by atoms with E-state index in [9.17, 15) is 0 Å². The van der Waals surface area contributed by atoms with E-state index in [1.54, 1.807) is 10.6 Å². The minimum absolute atomic E-state index is 0. The molecule has 268 valence electrons. The number of aryl methyl sites for hydroxylation is 2. The topological polar surface area (TPSA) is 0 Å². The van der Waals surface area contributed by atoms with Crippen LogP contribution in [0.25, 0.3) is 21.5 Å². The molecule has 0 amide bonds. The Labute approximate surface area is 333 Å². The van der Waals surface area contributed by atoms with Crippen LogP contribution < -0.4 is 10.6 Å². The zero-order chi connectivity index (χ0) is 36.7. The molecule has 6 rings (SSSR count). The van der Waals surface area contributed by atoms with Crippen molar-refractivity contribution >= 4 is 48.0 Å². The molecule has 0 aliphatic carbocycles.